The van der Waals surface area contributed by atoms with Crippen LogP contribution in [0.15, 0.2) is 24.3 Å². The monoisotopic (exact) mass is 272 g/mol. The minimum atomic E-state index is -0.172. The molecule has 0 radical (unpaired) electrons. The van der Waals surface area contributed by atoms with Crippen LogP contribution in [0.25, 0.3) is 0 Å². The second-order valence-electron chi connectivity index (χ2n) is 4.51. The number of nitriles is 2. The van der Waals surface area contributed by atoms with Crippen LogP contribution in [0.5, 0.6) is 5.75 Å². The molecular weight excluding hydrogens is 252 g/mol. The zero-order chi connectivity index (χ0) is 15.0. The molecule has 0 amide bonds. The summed E-state index contributed by atoms with van der Waals surface area (Å²) in [5.74, 6) is 0.740. The molecule has 20 heavy (non-hydrogen) atoms. The fourth-order valence-electron chi connectivity index (χ4n) is 2.21. The Labute approximate surface area is 120 Å². The van der Waals surface area contributed by atoms with E-state index in [9.17, 15) is 0 Å². The number of methoxy groups -OCH3 is 1. The second kappa shape index (κ2) is 8.16. The lowest BCUT2D eigenvalue weighted by molar-refractivity contribution is 0.211. The topological polar surface area (TPSA) is 86.1 Å². The van der Waals surface area contributed by atoms with Crippen LogP contribution < -0.4 is 10.5 Å². The summed E-state index contributed by atoms with van der Waals surface area (Å²) in [5.41, 5.74) is 7.16. The van der Waals surface area contributed by atoms with Gasteiger partial charge < -0.3 is 10.5 Å². The van der Waals surface area contributed by atoms with Crippen molar-refractivity contribution in [1.29, 1.82) is 10.5 Å². The van der Waals surface area contributed by atoms with Gasteiger partial charge in [-0.3, -0.25) is 4.90 Å². The summed E-state index contributed by atoms with van der Waals surface area (Å²) in [7, 11) is 1.61. The van der Waals surface area contributed by atoms with E-state index in [4.69, 9.17) is 21.0 Å². The maximum atomic E-state index is 8.95. The van der Waals surface area contributed by atoms with Crippen LogP contribution in [0, 0.1) is 22.7 Å². The summed E-state index contributed by atoms with van der Waals surface area (Å²) < 4.78 is 5.23. The van der Waals surface area contributed by atoms with Crippen LogP contribution >= 0.6 is 0 Å². The predicted octanol–water partition coefficient (Wildman–Crippen LogP) is 1.82. The van der Waals surface area contributed by atoms with E-state index in [1.54, 1.807) is 12.0 Å². The third-order valence-corrected chi connectivity index (χ3v) is 3.25. The quantitative estimate of drug-likeness (QED) is 0.765. The highest BCUT2D eigenvalue weighted by Gasteiger charge is 2.25. The molecule has 0 fully saturated rings. The molecule has 106 valence electrons. The Morgan fingerprint density at radius 3 is 2.45 bits per heavy atom. The predicted molar refractivity (Wildman–Crippen MR) is 76.8 cm³/mol. The summed E-state index contributed by atoms with van der Waals surface area (Å²) in [4.78, 5) is 1.79. The molecule has 1 rings (SSSR count). The molecule has 0 saturated heterocycles. The summed E-state index contributed by atoms with van der Waals surface area (Å²) in [6, 6.07) is 11.5. The highest BCUT2D eigenvalue weighted by Crippen LogP contribution is 2.27. The van der Waals surface area contributed by atoms with Crippen molar-refractivity contribution in [3.05, 3.63) is 29.8 Å². The van der Waals surface area contributed by atoms with E-state index >= 15 is 0 Å². The average molecular weight is 272 g/mol. The van der Waals surface area contributed by atoms with Crippen LogP contribution in [0.2, 0.25) is 0 Å². The summed E-state index contributed by atoms with van der Waals surface area (Å²) in [5, 5.41) is 17.9. The van der Waals surface area contributed by atoms with Crippen LogP contribution in [-0.4, -0.2) is 31.1 Å². The maximum absolute atomic E-state index is 8.95. The second-order valence-corrected chi connectivity index (χ2v) is 4.51. The third kappa shape index (κ3) is 3.96. The molecule has 0 aliphatic rings. The van der Waals surface area contributed by atoms with Crippen molar-refractivity contribution in [1.82, 2.24) is 4.90 Å². The molecule has 0 saturated carbocycles. The fourth-order valence-corrected chi connectivity index (χ4v) is 2.21. The first-order valence-corrected chi connectivity index (χ1v) is 6.55. The third-order valence-electron chi connectivity index (χ3n) is 3.25. The molecule has 0 heterocycles. The molecule has 0 spiro atoms. The van der Waals surface area contributed by atoms with Gasteiger partial charge in [0.15, 0.2) is 0 Å². The number of hydrogen-bond donors (Lipinski definition) is 1. The Bertz CT molecular complexity index is 487. The number of ether oxygens (including phenoxy) is 1. The Balaban J connectivity index is 3.16. The Morgan fingerprint density at radius 1 is 1.30 bits per heavy atom. The molecule has 2 N–H and O–H groups in total. The first kappa shape index (κ1) is 16.0. The van der Waals surface area contributed by atoms with Crippen molar-refractivity contribution in [3.8, 4) is 17.9 Å². The summed E-state index contributed by atoms with van der Waals surface area (Å²) in [6.45, 7) is 2.33. The molecule has 0 aliphatic carbocycles. The van der Waals surface area contributed by atoms with Crippen LogP contribution in [0.1, 0.15) is 24.9 Å². The van der Waals surface area contributed by atoms with Gasteiger partial charge in [0.2, 0.25) is 0 Å². The van der Waals surface area contributed by atoms with Crippen molar-refractivity contribution >= 4 is 0 Å². The Morgan fingerprint density at radius 2 is 1.95 bits per heavy atom. The molecular formula is C15H20N4O. The average Bonchev–Trinajstić information content (AvgIpc) is 2.48. The molecule has 2 unspecified atom stereocenters. The lowest BCUT2D eigenvalue weighted by Gasteiger charge is -2.32. The number of rotatable bonds is 7. The zero-order valence-corrected chi connectivity index (χ0v) is 11.9. The van der Waals surface area contributed by atoms with Crippen LogP contribution in [0.4, 0.5) is 0 Å². The van der Waals surface area contributed by atoms with Gasteiger partial charge in [-0.1, -0.05) is 19.1 Å². The van der Waals surface area contributed by atoms with Crippen LogP contribution in [-0.2, 0) is 0 Å². The van der Waals surface area contributed by atoms with Gasteiger partial charge in [0.1, 0.15) is 5.75 Å². The fraction of sp³-hybridized carbons (Fsp3) is 0.467. The van der Waals surface area contributed by atoms with Crippen molar-refractivity contribution in [2.24, 2.45) is 5.73 Å². The molecule has 5 heteroatoms. The molecule has 1 aromatic carbocycles. The van der Waals surface area contributed by atoms with Gasteiger partial charge in [-0.25, -0.2) is 0 Å². The standard InChI is InChI=1S/C15H20N4O/c1-3-14(18)15(19(9-7-16)10-8-17)12-5-4-6-13(11-12)20-2/h4-6,11,14-15H,3,9-10,18H2,1-2H3. The van der Waals surface area contributed by atoms with E-state index in [0.717, 1.165) is 17.7 Å². The number of nitrogens with zero attached hydrogens (tertiary/aromatic N) is 3. The van der Waals surface area contributed by atoms with E-state index < -0.39 is 0 Å². The van der Waals surface area contributed by atoms with Crippen molar-refractivity contribution < 1.29 is 4.74 Å². The molecule has 1 aromatic rings. The van der Waals surface area contributed by atoms with Gasteiger partial charge in [-0.15, -0.1) is 0 Å². The minimum Gasteiger partial charge on any atom is -0.497 e. The maximum Gasteiger partial charge on any atom is 0.119 e. The lowest BCUT2D eigenvalue weighted by Crippen LogP contribution is -2.41. The van der Waals surface area contributed by atoms with Gasteiger partial charge in [-0.05, 0) is 24.1 Å². The Kier molecular flexibility index (Phi) is 6.52. The van der Waals surface area contributed by atoms with Gasteiger partial charge in [0.25, 0.3) is 0 Å². The number of nitrogens with two attached hydrogens (primary N) is 1. The molecule has 0 aliphatic heterocycles. The SMILES string of the molecule is CCC(N)C(c1cccc(OC)c1)N(CC#N)CC#N. The number of benzene rings is 1. The van der Waals surface area contributed by atoms with Gasteiger partial charge in [0.05, 0.1) is 38.4 Å². The van der Waals surface area contributed by atoms with Crippen molar-refractivity contribution in [2.75, 3.05) is 20.2 Å². The molecule has 0 bridgehead atoms. The molecule has 2 atom stereocenters. The van der Waals surface area contributed by atoms with Gasteiger partial charge >= 0.3 is 0 Å². The molecule has 0 aromatic heterocycles. The van der Waals surface area contributed by atoms with E-state index in [1.807, 2.05) is 31.2 Å². The largest absolute Gasteiger partial charge is 0.497 e. The normalized spacial score (nSPS) is 13.3. The van der Waals surface area contributed by atoms with Gasteiger partial charge in [0, 0.05) is 6.04 Å². The van der Waals surface area contributed by atoms with E-state index in [-0.39, 0.29) is 25.2 Å². The first-order valence-electron chi connectivity index (χ1n) is 6.55. The summed E-state index contributed by atoms with van der Waals surface area (Å²) >= 11 is 0. The van der Waals surface area contributed by atoms with Crippen molar-refractivity contribution in [2.45, 2.75) is 25.4 Å². The van der Waals surface area contributed by atoms with Gasteiger partial charge in [-0.2, -0.15) is 10.5 Å². The lowest BCUT2D eigenvalue weighted by atomic mass is 9.96. The number of hydrogen-bond acceptors (Lipinski definition) is 5. The Hall–Kier alpha value is -2.08. The van der Waals surface area contributed by atoms with Crippen LogP contribution in [0.3, 0.4) is 0 Å². The zero-order valence-electron chi connectivity index (χ0n) is 11.9. The summed E-state index contributed by atoms with van der Waals surface area (Å²) in [6.07, 6.45) is 0.759. The minimum absolute atomic E-state index is 0.149. The first-order chi connectivity index (χ1) is 9.67. The van der Waals surface area contributed by atoms with E-state index in [1.165, 1.54) is 0 Å². The molecule has 5 nitrogen and oxygen atoms in total. The van der Waals surface area contributed by atoms with E-state index in [2.05, 4.69) is 12.1 Å². The highest BCUT2D eigenvalue weighted by atomic mass is 16.5. The highest BCUT2D eigenvalue weighted by molar-refractivity contribution is 5.31. The smallest absolute Gasteiger partial charge is 0.119 e. The van der Waals surface area contributed by atoms with E-state index in [0.29, 0.717) is 0 Å². The van der Waals surface area contributed by atoms with Crippen molar-refractivity contribution in [3.63, 3.8) is 0 Å².